The molecule has 5 heteroatoms. The summed E-state index contributed by atoms with van der Waals surface area (Å²) in [6, 6.07) is 11.6. The molecule has 2 aromatic carbocycles. The number of nitrogens with one attached hydrogen (secondary N) is 2. The summed E-state index contributed by atoms with van der Waals surface area (Å²) in [6.07, 6.45) is 0. The van der Waals surface area contributed by atoms with Crippen LogP contribution >= 0.6 is 0 Å². The van der Waals surface area contributed by atoms with Crippen LogP contribution in [0.15, 0.2) is 45.6 Å². The summed E-state index contributed by atoms with van der Waals surface area (Å²) < 4.78 is 4.98. The first-order valence-corrected chi connectivity index (χ1v) is 6.82. The van der Waals surface area contributed by atoms with E-state index in [9.17, 15) is 4.79 Å². The van der Waals surface area contributed by atoms with Gasteiger partial charge >= 0.3 is 5.76 Å². The van der Waals surface area contributed by atoms with Crippen molar-refractivity contribution in [2.45, 2.75) is 19.8 Å². The van der Waals surface area contributed by atoms with E-state index in [1.165, 1.54) is 5.56 Å². The molecule has 0 bridgehead atoms. The fourth-order valence-electron chi connectivity index (χ4n) is 2.23. The number of nitrogen functional groups attached to an aromatic ring is 1. The van der Waals surface area contributed by atoms with Crippen molar-refractivity contribution < 1.29 is 4.42 Å². The second-order valence-electron chi connectivity index (χ2n) is 5.35. The van der Waals surface area contributed by atoms with Gasteiger partial charge in [-0.05, 0) is 29.7 Å². The number of rotatable bonds is 3. The van der Waals surface area contributed by atoms with Gasteiger partial charge in [0.25, 0.3) is 0 Å². The van der Waals surface area contributed by atoms with Crippen LogP contribution in [0.1, 0.15) is 25.3 Å². The van der Waals surface area contributed by atoms with E-state index in [1.807, 2.05) is 12.1 Å². The molecule has 0 aliphatic heterocycles. The van der Waals surface area contributed by atoms with Crippen molar-refractivity contribution in [2.24, 2.45) is 0 Å². The maximum Gasteiger partial charge on any atom is 0.417 e. The maximum atomic E-state index is 11.2. The normalized spacial score (nSPS) is 11.2. The van der Waals surface area contributed by atoms with Crippen molar-refractivity contribution >= 4 is 28.2 Å². The minimum atomic E-state index is -0.483. The molecule has 1 heterocycles. The van der Waals surface area contributed by atoms with Crippen molar-refractivity contribution in [1.82, 2.24) is 4.98 Å². The molecule has 0 fully saturated rings. The highest BCUT2D eigenvalue weighted by Gasteiger charge is 2.07. The summed E-state index contributed by atoms with van der Waals surface area (Å²) in [7, 11) is 0. The number of benzene rings is 2. The van der Waals surface area contributed by atoms with Gasteiger partial charge in [0.15, 0.2) is 5.58 Å². The van der Waals surface area contributed by atoms with Gasteiger partial charge in [-0.2, -0.15) is 0 Å². The van der Waals surface area contributed by atoms with Crippen LogP contribution in [0.2, 0.25) is 0 Å². The number of aromatic amines is 1. The van der Waals surface area contributed by atoms with Crippen LogP contribution in [0.25, 0.3) is 11.1 Å². The first kappa shape index (κ1) is 13.3. The Labute approximate surface area is 121 Å². The third-order valence-corrected chi connectivity index (χ3v) is 3.45. The van der Waals surface area contributed by atoms with E-state index in [2.05, 4.69) is 36.3 Å². The predicted octanol–water partition coefficient (Wildman–Crippen LogP) is 3.57. The molecule has 0 radical (unpaired) electrons. The number of oxazole rings is 1. The molecule has 1 aromatic heterocycles. The molecule has 0 spiro atoms. The number of fused-ring (bicyclic) bond motifs is 1. The van der Waals surface area contributed by atoms with Crippen molar-refractivity contribution in [3.63, 3.8) is 0 Å². The molecule has 0 aliphatic rings. The molecular weight excluding hydrogens is 266 g/mol. The van der Waals surface area contributed by atoms with Crippen LogP contribution in [0.5, 0.6) is 0 Å². The Balaban J connectivity index is 1.93. The van der Waals surface area contributed by atoms with E-state index in [0.717, 1.165) is 11.4 Å². The molecule has 0 aliphatic carbocycles. The third kappa shape index (κ3) is 2.63. The molecular formula is C16H17N3O2. The van der Waals surface area contributed by atoms with Crippen LogP contribution < -0.4 is 16.8 Å². The van der Waals surface area contributed by atoms with Crippen LogP contribution in [0.4, 0.5) is 17.1 Å². The monoisotopic (exact) mass is 283 g/mol. The first-order chi connectivity index (χ1) is 10.0. The second-order valence-corrected chi connectivity index (χ2v) is 5.35. The van der Waals surface area contributed by atoms with Gasteiger partial charge in [-0.1, -0.05) is 26.0 Å². The van der Waals surface area contributed by atoms with E-state index in [4.69, 9.17) is 10.2 Å². The molecule has 4 N–H and O–H groups in total. The topological polar surface area (TPSA) is 84.0 Å². The number of hydrogen-bond donors (Lipinski definition) is 3. The molecule has 0 unspecified atom stereocenters. The Kier molecular flexibility index (Phi) is 3.17. The highest BCUT2D eigenvalue weighted by molar-refractivity contribution is 5.87. The van der Waals surface area contributed by atoms with Crippen molar-refractivity contribution in [3.8, 4) is 0 Å². The lowest BCUT2D eigenvalue weighted by Crippen LogP contribution is -1.97. The zero-order chi connectivity index (χ0) is 15.0. The summed E-state index contributed by atoms with van der Waals surface area (Å²) in [5.41, 5.74) is 10.5. The minimum Gasteiger partial charge on any atom is -0.408 e. The van der Waals surface area contributed by atoms with Gasteiger partial charge in [-0.15, -0.1) is 0 Å². The zero-order valence-corrected chi connectivity index (χ0v) is 11.9. The molecule has 108 valence electrons. The Morgan fingerprint density at radius 1 is 1.19 bits per heavy atom. The predicted molar refractivity (Wildman–Crippen MR) is 85.1 cm³/mol. The molecule has 21 heavy (non-hydrogen) atoms. The van der Waals surface area contributed by atoms with Crippen LogP contribution in [-0.2, 0) is 0 Å². The fourth-order valence-corrected chi connectivity index (χ4v) is 2.23. The summed E-state index contributed by atoms with van der Waals surface area (Å²) in [5, 5.41) is 3.25. The van der Waals surface area contributed by atoms with Crippen molar-refractivity contribution in [2.75, 3.05) is 11.1 Å². The molecule has 0 atom stereocenters. The summed E-state index contributed by atoms with van der Waals surface area (Å²) in [5.74, 6) is 0.0133. The van der Waals surface area contributed by atoms with Gasteiger partial charge in [-0.25, -0.2) is 4.79 Å². The summed E-state index contributed by atoms with van der Waals surface area (Å²) >= 11 is 0. The number of anilines is 3. The molecule has 5 nitrogen and oxygen atoms in total. The van der Waals surface area contributed by atoms with Gasteiger partial charge in [0.1, 0.15) is 0 Å². The zero-order valence-electron chi connectivity index (χ0n) is 11.9. The SMILES string of the molecule is CC(C)c1ccc(Nc2cc3[nH]c(=O)oc3cc2N)cc1. The van der Waals surface area contributed by atoms with E-state index < -0.39 is 5.76 Å². The van der Waals surface area contributed by atoms with Gasteiger partial charge in [0.2, 0.25) is 0 Å². The molecule has 0 amide bonds. The number of aromatic nitrogens is 1. The van der Waals surface area contributed by atoms with Crippen molar-refractivity contribution in [3.05, 3.63) is 52.5 Å². The van der Waals surface area contributed by atoms with Gasteiger partial charge in [0.05, 0.1) is 16.9 Å². The summed E-state index contributed by atoms with van der Waals surface area (Å²) in [6.45, 7) is 4.31. The van der Waals surface area contributed by atoms with E-state index in [1.54, 1.807) is 12.1 Å². The van der Waals surface area contributed by atoms with E-state index in [-0.39, 0.29) is 0 Å². The average Bonchev–Trinajstić information content (AvgIpc) is 2.79. The molecule has 3 rings (SSSR count). The maximum absolute atomic E-state index is 11.2. The Bertz CT molecular complexity index is 829. The van der Waals surface area contributed by atoms with Crippen LogP contribution in [0, 0.1) is 0 Å². The third-order valence-electron chi connectivity index (χ3n) is 3.45. The standard InChI is InChI=1S/C16H17N3O2/c1-9(2)10-3-5-11(6-4-10)18-13-8-14-15(7-12(13)17)21-16(20)19-14/h3-9,18H,17H2,1-2H3,(H,19,20). The highest BCUT2D eigenvalue weighted by Crippen LogP contribution is 2.28. The minimum absolute atomic E-state index is 0.457. The summed E-state index contributed by atoms with van der Waals surface area (Å²) in [4.78, 5) is 13.8. The smallest absolute Gasteiger partial charge is 0.408 e. The quantitative estimate of drug-likeness (QED) is 0.641. The Morgan fingerprint density at radius 2 is 1.90 bits per heavy atom. The van der Waals surface area contributed by atoms with E-state index in [0.29, 0.717) is 22.7 Å². The van der Waals surface area contributed by atoms with Gasteiger partial charge in [0, 0.05) is 11.8 Å². The average molecular weight is 283 g/mol. The second kappa shape index (κ2) is 5.01. The van der Waals surface area contributed by atoms with Crippen molar-refractivity contribution in [1.29, 1.82) is 0 Å². The highest BCUT2D eigenvalue weighted by atomic mass is 16.4. The van der Waals surface area contributed by atoms with Crippen LogP contribution in [-0.4, -0.2) is 4.98 Å². The molecule has 0 saturated carbocycles. The first-order valence-electron chi connectivity index (χ1n) is 6.82. The Morgan fingerprint density at radius 3 is 2.57 bits per heavy atom. The van der Waals surface area contributed by atoms with Gasteiger partial charge in [-0.3, -0.25) is 4.98 Å². The number of H-pyrrole nitrogens is 1. The lowest BCUT2D eigenvalue weighted by atomic mass is 10.0. The van der Waals surface area contributed by atoms with E-state index >= 15 is 0 Å². The lowest BCUT2D eigenvalue weighted by molar-refractivity contribution is 0.555. The largest absolute Gasteiger partial charge is 0.417 e. The van der Waals surface area contributed by atoms with Crippen LogP contribution in [0.3, 0.4) is 0 Å². The number of nitrogens with two attached hydrogens (primary N) is 1. The molecule has 3 aromatic rings. The number of hydrogen-bond acceptors (Lipinski definition) is 4. The van der Waals surface area contributed by atoms with Gasteiger partial charge < -0.3 is 15.5 Å². The fraction of sp³-hybridized carbons (Fsp3) is 0.188. The molecule has 0 saturated heterocycles. The Hall–Kier alpha value is -2.69. The lowest BCUT2D eigenvalue weighted by Gasteiger charge is -2.11.